The molecule has 198 valence electrons. The van der Waals surface area contributed by atoms with Crippen LogP contribution in [0.3, 0.4) is 0 Å². The number of aryl methyl sites for hydroxylation is 3. The first-order valence-electron chi connectivity index (χ1n) is 12.5. The summed E-state index contributed by atoms with van der Waals surface area (Å²) in [4.78, 5) is 0.0625. The molecule has 0 saturated carbocycles. The normalized spacial score (nSPS) is 15.9. The maximum atomic E-state index is 13.6. The van der Waals surface area contributed by atoms with E-state index in [9.17, 15) is 8.42 Å². The molecule has 0 bridgehead atoms. The molecule has 1 aliphatic heterocycles. The molecule has 1 unspecified atom stereocenters. The second-order valence-corrected chi connectivity index (χ2v) is 12.1. The first-order chi connectivity index (χ1) is 18.6. The van der Waals surface area contributed by atoms with Crippen LogP contribution in [0.2, 0.25) is 10.0 Å². The lowest BCUT2D eigenvalue weighted by Gasteiger charge is -2.22. The quantitative estimate of drug-likeness (QED) is 0.182. The molecule has 39 heavy (non-hydrogen) atoms. The van der Waals surface area contributed by atoms with E-state index in [1.54, 1.807) is 17.1 Å². The molecule has 0 N–H and O–H groups in total. The minimum Gasteiger partial charge on any atom is -0.245 e. The van der Waals surface area contributed by atoms with Crippen molar-refractivity contribution in [3.8, 4) is 0 Å². The highest BCUT2D eigenvalue weighted by atomic mass is 35.5. The second-order valence-electron chi connectivity index (χ2n) is 9.66. The fraction of sp³-hybridized carbons (Fsp3) is 0.161. The molecular formula is C31H27Cl2N3O2S. The van der Waals surface area contributed by atoms with Gasteiger partial charge in [0.25, 0.3) is 10.0 Å². The van der Waals surface area contributed by atoms with Crippen molar-refractivity contribution in [3.05, 3.63) is 134 Å². The van der Waals surface area contributed by atoms with Crippen molar-refractivity contribution in [2.75, 3.05) is 6.54 Å². The molecular weight excluding hydrogens is 549 g/mol. The van der Waals surface area contributed by atoms with Gasteiger partial charge in [0.2, 0.25) is 0 Å². The number of nitrogens with zero attached hydrogens (tertiary/aromatic N) is 3. The molecule has 1 heterocycles. The molecule has 0 amide bonds. The zero-order chi connectivity index (χ0) is 27.7. The van der Waals surface area contributed by atoms with Crippen LogP contribution in [0.1, 0.15) is 39.3 Å². The van der Waals surface area contributed by atoms with E-state index in [1.807, 2.05) is 75.4 Å². The van der Waals surface area contributed by atoms with E-state index in [0.29, 0.717) is 16.6 Å². The van der Waals surface area contributed by atoms with Crippen molar-refractivity contribution < 1.29 is 8.42 Å². The summed E-state index contributed by atoms with van der Waals surface area (Å²) in [5.41, 5.74) is 6.47. The predicted molar refractivity (Wildman–Crippen MR) is 160 cm³/mol. The van der Waals surface area contributed by atoms with E-state index in [-0.39, 0.29) is 16.6 Å². The van der Waals surface area contributed by atoms with Gasteiger partial charge in [0.1, 0.15) is 0 Å². The Bertz CT molecular complexity index is 1660. The summed E-state index contributed by atoms with van der Waals surface area (Å²) in [6, 6.07) is 27.7. The maximum absolute atomic E-state index is 13.6. The Morgan fingerprint density at radius 3 is 2.00 bits per heavy atom. The van der Waals surface area contributed by atoms with Crippen LogP contribution in [0.25, 0.3) is 0 Å². The summed E-state index contributed by atoms with van der Waals surface area (Å²) in [5, 5.41) is 7.81. The van der Waals surface area contributed by atoms with Gasteiger partial charge >= 0.3 is 0 Å². The summed E-state index contributed by atoms with van der Waals surface area (Å²) in [6.07, 6.45) is 0. The minimum absolute atomic E-state index is 0.0625. The third kappa shape index (κ3) is 5.78. The molecule has 1 atom stereocenters. The van der Waals surface area contributed by atoms with Crippen molar-refractivity contribution in [1.29, 1.82) is 0 Å². The fourth-order valence-electron chi connectivity index (χ4n) is 4.99. The third-order valence-electron chi connectivity index (χ3n) is 6.72. The molecule has 5 nitrogen and oxygen atoms in total. The molecule has 5 rings (SSSR count). The zero-order valence-electron chi connectivity index (χ0n) is 21.8. The predicted octanol–water partition coefficient (Wildman–Crippen LogP) is 7.56. The van der Waals surface area contributed by atoms with Gasteiger partial charge in [-0.25, -0.2) is 5.01 Å². The molecule has 4 aromatic rings. The minimum atomic E-state index is -4.07. The maximum Gasteiger partial charge on any atom is 0.284 e. The van der Waals surface area contributed by atoms with Crippen molar-refractivity contribution in [2.24, 2.45) is 9.50 Å². The van der Waals surface area contributed by atoms with Gasteiger partial charge in [0.05, 0.1) is 17.2 Å². The summed E-state index contributed by atoms with van der Waals surface area (Å²) >= 11 is 12.2. The number of hydrogen-bond donors (Lipinski definition) is 0. The Balaban J connectivity index is 1.70. The summed E-state index contributed by atoms with van der Waals surface area (Å²) in [6.45, 7) is 6.37. The van der Waals surface area contributed by atoms with E-state index in [0.717, 1.165) is 39.1 Å². The number of halogens is 2. The fourth-order valence-corrected chi connectivity index (χ4v) is 6.24. The van der Waals surface area contributed by atoms with Gasteiger partial charge in [0, 0.05) is 21.5 Å². The standard InChI is InChI=1S/C31H27Cl2N3O2S/c1-20-17-21(2)29(22(3)18-20)31(35-39(37,38)27-15-13-26(33)14-16-27)36-19-28(23-7-5-4-6-8-23)30(34-36)24-9-11-25(32)12-10-24/h4-18,28H,19H2,1-3H3. The monoisotopic (exact) mass is 575 g/mol. The number of rotatable bonds is 5. The van der Waals surface area contributed by atoms with E-state index < -0.39 is 10.0 Å². The van der Waals surface area contributed by atoms with Crippen LogP contribution in [-0.4, -0.2) is 31.5 Å². The topological polar surface area (TPSA) is 62.1 Å². The molecule has 8 heteroatoms. The molecule has 0 radical (unpaired) electrons. The zero-order valence-corrected chi connectivity index (χ0v) is 24.1. The Kier molecular flexibility index (Phi) is 7.63. The van der Waals surface area contributed by atoms with Gasteiger partial charge in [-0.2, -0.15) is 13.5 Å². The molecule has 1 aliphatic rings. The smallest absolute Gasteiger partial charge is 0.245 e. The number of hydrazone groups is 1. The van der Waals surface area contributed by atoms with Crippen LogP contribution < -0.4 is 0 Å². The average Bonchev–Trinajstić information content (AvgIpc) is 3.34. The molecule has 0 fully saturated rings. The van der Waals surface area contributed by atoms with E-state index in [1.165, 1.54) is 12.1 Å². The Labute approximate surface area is 239 Å². The first kappa shape index (κ1) is 27.1. The van der Waals surface area contributed by atoms with Gasteiger partial charge in [-0.3, -0.25) is 0 Å². The Hall–Kier alpha value is -3.45. The van der Waals surface area contributed by atoms with Crippen molar-refractivity contribution in [1.82, 2.24) is 5.01 Å². The lowest BCUT2D eigenvalue weighted by molar-refractivity contribution is 0.475. The van der Waals surface area contributed by atoms with Gasteiger partial charge in [-0.1, -0.05) is 83.4 Å². The number of amidine groups is 1. The van der Waals surface area contributed by atoms with Gasteiger partial charge in [0.15, 0.2) is 5.84 Å². The van der Waals surface area contributed by atoms with Crippen LogP contribution in [0.5, 0.6) is 0 Å². The largest absolute Gasteiger partial charge is 0.284 e. The lowest BCUT2D eigenvalue weighted by Crippen LogP contribution is -2.29. The molecule has 0 aliphatic carbocycles. The number of hydrogen-bond acceptors (Lipinski definition) is 3. The van der Waals surface area contributed by atoms with Crippen molar-refractivity contribution in [2.45, 2.75) is 31.6 Å². The van der Waals surface area contributed by atoms with Crippen molar-refractivity contribution in [3.63, 3.8) is 0 Å². The van der Waals surface area contributed by atoms with E-state index >= 15 is 0 Å². The first-order valence-corrected chi connectivity index (χ1v) is 14.7. The SMILES string of the molecule is Cc1cc(C)c(C(=NS(=O)(=O)c2ccc(Cl)cc2)N2CC(c3ccccc3)C(c3ccc(Cl)cc3)=N2)c(C)c1. The highest BCUT2D eigenvalue weighted by molar-refractivity contribution is 7.90. The molecule has 0 aromatic heterocycles. The van der Waals surface area contributed by atoms with Crippen LogP contribution in [-0.2, 0) is 10.0 Å². The summed E-state index contributed by atoms with van der Waals surface area (Å²) < 4.78 is 31.6. The van der Waals surface area contributed by atoms with E-state index in [2.05, 4.69) is 16.5 Å². The van der Waals surface area contributed by atoms with Gasteiger partial charge in [-0.05, 0) is 79.4 Å². The molecule has 0 spiro atoms. The number of benzene rings is 4. The van der Waals surface area contributed by atoms with Crippen LogP contribution in [0.15, 0.2) is 105 Å². The summed E-state index contributed by atoms with van der Waals surface area (Å²) in [5.74, 6) is 0.173. The van der Waals surface area contributed by atoms with Crippen LogP contribution in [0.4, 0.5) is 0 Å². The third-order valence-corrected chi connectivity index (χ3v) is 8.50. The lowest BCUT2D eigenvalue weighted by atomic mass is 9.90. The highest BCUT2D eigenvalue weighted by Gasteiger charge is 2.34. The molecule has 0 saturated heterocycles. The van der Waals surface area contributed by atoms with E-state index in [4.69, 9.17) is 28.3 Å². The summed E-state index contributed by atoms with van der Waals surface area (Å²) in [7, 11) is -4.07. The Morgan fingerprint density at radius 1 is 0.846 bits per heavy atom. The number of sulfonamides is 1. The highest BCUT2D eigenvalue weighted by Crippen LogP contribution is 2.32. The van der Waals surface area contributed by atoms with Gasteiger partial charge in [-0.15, -0.1) is 4.40 Å². The Morgan fingerprint density at radius 2 is 1.41 bits per heavy atom. The average molecular weight is 577 g/mol. The van der Waals surface area contributed by atoms with Crippen molar-refractivity contribution >= 4 is 44.8 Å². The van der Waals surface area contributed by atoms with Crippen LogP contribution in [0, 0.1) is 20.8 Å². The second kappa shape index (κ2) is 11.0. The van der Waals surface area contributed by atoms with Crippen LogP contribution >= 0.6 is 23.2 Å². The van der Waals surface area contributed by atoms with Gasteiger partial charge < -0.3 is 0 Å². The molecule has 4 aromatic carbocycles.